The van der Waals surface area contributed by atoms with E-state index in [0.717, 1.165) is 0 Å². The number of amides is 1. The molecule has 1 amide bonds. The van der Waals surface area contributed by atoms with Crippen LogP contribution in [0.1, 0.15) is 24.2 Å². The second kappa shape index (κ2) is 5.47. The molecule has 102 valence electrons. The number of anilines is 1. The zero-order valence-electron chi connectivity index (χ0n) is 10.7. The van der Waals surface area contributed by atoms with Crippen LogP contribution in [0.25, 0.3) is 0 Å². The molecule has 0 saturated carbocycles. The van der Waals surface area contributed by atoms with Gasteiger partial charge in [0.1, 0.15) is 12.0 Å². The van der Waals surface area contributed by atoms with Crippen molar-refractivity contribution in [2.45, 2.75) is 13.8 Å². The third-order valence-electron chi connectivity index (χ3n) is 2.74. The summed E-state index contributed by atoms with van der Waals surface area (Å²) in [6, 6.07) is 4.06. The van der Waals surface area contributed by atoms with E-state index in [0.29, 0.717) is 6.29 Å². The van der Waals surface area contributed by atoms with E-state index in [9.17, 15) is 19.7 Å². The van der Waals surface area contributed by atoms with Crippen LogP contribution in [0.15, 0.2) is 18.2 Å². The van der Waals surface area contributed by atoms with Gasteiger partial charge in [-0.2, -0.15) is 0 Å². The van der Waals surface area contributed by atoms with Gasteiger partial charge in [0, 0.05) is 18.2 Å². The lowest BCUT2D eigenvalue weighted by Crippen LogP contribution is -2.37. The van der Waals surface area contributed by atoms with Crippen LogP contribution in [-0.4, -0.2) is 23.7 Å². The van der Waals surface area contributed by atoms with Crippen molar-refractivity contribution in [2.24, 2.45) is 11.1 Å². The van der Waals surface area contributed by atoms with Crippen LogP contribution in [-0.2, 0) is 4.79 Å². The Labute approximate surface area is 109 Å². The lowest BCUT2D eigenvalue weighted by atomic mass is 9.92. The van der Waals surface area contributed by atoms with Crippen LogP contribution in [0.5, 0.6) is 0 Å². The summed E-state index contributed by atoms with van der Waals surface area (Å²) in [5.74, 6) is -0.507. The van der Waals surface area contributed by atoms with Crippen molar-refractivity contribution in [3.05, 3.63) is 33.9 Å². The van der Waals surface area contributed by atoms with Crippen LogP contribution in [0, 0.1) is 15.5 Å². The number of rotatable bonds is 6. The molecule has 0 aromatic heterocycles. The average Bonchev–Trinajstić information content (AvgIpc) is 2.35. The highest BCUT2D eigenvalue weighted by Crippen LogP contribution is 2.26. The molecule has 1 aromatic rings. The first kappa shape index (κ1) is 14.6. The Kier molecular flexibility index (Phi) is 4.21. The Morgan fingerprint density at radius 3 is 2.63 bits per heavy atom. The lowest BCUT2D eigenvalue weighted by Gasteiger charge is -2.21. The van der Waals surface area contributed by atoms with Gasteiger partial charge in [-0.25, -0.2) is 0 Å². The zero-order valence-corrected chi connectivity index (χ0v) is 10.7. The van der Waals surface area contributed by atoms with E-state index in [1.54, 1.807) is 13.8 Å². The minimum Gasteiger partial charge on any atom is -0.378 e. The monoisotopic (exact) mass is 265 g/mol. The lowest BCUT2D eigenvalue weighted by molar-refractivity contribution is -0.384. The summed E-state index contributed by atoms with van der Waals surface area (Å²) in [4.78, 5) is 32.1. The Morgan fingerprint density at radius 2 is 2.16 bits per heavy atom. The number of primary amides is 1. The number of nitrogens with zero attached hydrogens (tertiary/aromatic N) is 1. The number of hydrogen-bond acceptors (Lipinski definition) is 5. The maximum absolute atomic E-state index is 11.2. The SMILES string of the molecule is CC(C)(CNc1ccc(C=O)cc1[N+](=O)[O-])C(N)=O. The maximum atomic E-state index is 11.2. The molecule has 0 saturated heterocycles. The van der Waals surface area contributed by atoms with Crippen LogP contribution >= 0.6 is 0 Å². The second-order valence-corrected chi connectivity index (χ2v) is 4.75. The molecule has 7 nitrogen and oxygen atoms in total. The van der Waals surface area contributed by atoms with Gasteiger partial charge in [0.15, 0.2) is 0 Å². The molecule has 0 aliphatic carbocycles. The Balaban J connectivity index is 2.98. The fraction of sp³-hybridized carbons (Fsp3) is 0.333. The van der Waals surface area contributed by atoms with Crippen molar-refractivity contribution >= 4 is 23.6 Å². The number of benzene rings is 1. The van der Waals surface area contributed by atoms with E-state index in [4.69, 9.17) is 5.73 Å². The summed E-state index contributed by atoms with van der Waals surface area (Å²) in [7, 11) is 0. The van der Waals surface area contributed by atoms with Gasteiger partial charge in [-0.1, -0.05) is 0 Å². The third kappa shape index (κ3) is 3.51. The standard InChI is InChI=1S/C12H15N3O4/c1-12(2,11(13)17)7-14-9-4-3-8(6-16)5-10(9)15(18)19/h3-6,14H,7H2,1-2H3,(H2,13,17). The van der Waals surface area contributed by atoms with Gasteiger partial charge in [0.05, 0.1) is 10.3 Å². The molecule has 0 radical (unpaired) electrons. The molecule has 0 aliphatic heterocycles. The molecule has 1 aromatic carbocycles. The highest BCUT2D eigenvalue weighted by atomic mass is 16.6. The largest absolute Gasteiger partial charge is 0.378 e. The Morgan fingerprint density at radius 1 is 1.53 bits per heavy atom. The van der Waals surface area contributed by atoms with E-state index in [-0.39, 0.29) is 23.5 Å². The number of aldehydes is 1. The van der Waals surface area contributed by atoms with Crippen molar-refractivity contribution in [1.29, 1.82) is 0 Å². The molecule has 0 spiro atoms. The van der Waals surface area contributed by atoms with Crippen LogP contribution in [0.2, 0.25) is 0 Å². The molecule has 0 bridgehead atoms. The predicted octanol–water partition coefficient (Wildman–Crippen LogP) is 1.33. The molecule has 7 heteroatoms. The summed E-state index contributed by atoms with van der Waals surface area (Å²) in [6.45, 7) is 3.42. The molecule has 0 aliphatic rings. The fourth-order valence-corrected chi connectivity index (χ4v) is 1.33. The zero-order chi connectivity index (χ0) is 14.6. The van der Waals surface area contributed by atoms with Crippen molar-refractivity contribution in [3.63, 3.8) is 0 Å². The highest BCUT2D eigenvalue weighted by Gasteiger charge is 2.26. The second-order valence-electron chi connectivity index (χ2n) is 4.75. The fourth-order valence-electron chi connectivity index (χ4n) is 1.33. The number of carbonyl (C=O) groups is 2. The average molecular weight is 265 g/mol. The minimum absolute atomic E-state index is 0.156. The smallest absolute Gasteiger partial charge is 0.293 e. The summed E-state index contributed by atoms with van der Waals surface area (Å²) >= 11 is 0. The summed E-state index contributed by atoms with van der Waals surface area (Å²) in [6.07, 6.45) is 0.532. The number of nitro benzene ring substituents is 1. The molecule has 3 N–H and O–H groups in total. The highest BCUT2D eigenvalue weighted by molar-refractivity contribution is 5.81. The first-order chi connectivity index (χ1) is 8.77. The van der Waals surface area contributed by atoms with Gasteiger partial charge >= 0.3 is 0 Å². The number of nitro groups is 1. The van der Waals surface area contributed by atoms with E-state index >= 15 is 0 Å². The minimum atomic E-state index is -0.836. The van der Waals surface area contributed by atoms with Crippen molar-refractivity contribution < 1.29 is 14.5 Å². The van der Waals surface area contributed by atoms with E-state index < -0.39 is 16.2 Å². The van der Waals surface area contributed by atoms with Gasteiger partial charge in [0.25, 0.3) is 5.69 Å². The molecule has 0 unspecified atom stereocenters. The summed E-state index contributed by atoms with van der Waals surface area (Å²) < 4.78 is 0. The molecule has 19 heavy (non-hydrogen) atoms. The number of carbonyl (C=O) groups excluding carboxylic acids is 2. The summed E-state index contributed by atoms with van der Waals surface area (Å²) in [5.41, 5.74) is 4.62. The molecular weight excluding hydrogens is 250 g/mol. The third-order valence-corrected chi connectivity index (χ3v) is 2.74. The number of hydrogen-bond donors (Lipinski definition) is 2. The van der Waals surface area contributed by atoms with Gasteiger partial charge in [-0.05, 0) is 26.0 Å². The first-order valence-corrected chi connectivity index (χ1v) is 5.55. The van der Waals surface area contributed by atoms with Gasteiger partial charge in [0.2, 0.25) is 5.91 Å². The Bertz CT molecular complexity index is 526. The summed E-state index contributed by atoms with van der Waals surface area (Å²) in [5, 5.41) is 13.7. The van der Waals surface area contributed by atoms with Crippen LogP contribution in [0.3, 0.4) is 0 Å². The molecule has 0 fully saturated rings. The van der Waals surface area contributed by atoms with Crippen molar-refractivity contribution in [1.82, 2.24) is 0 Å². The van der Waals surface area contributed by atoms with Crippen LogP contribution in [0.4, 0.5) is 11.4 Å². The number of nitrogens with one attached hydrogen (secondary N) is 1. The van der Waals surface area contributed by atoms with Gasteiger partial charge < -0.3 is 11.1 Å². The van der Waals surface area contributed by atoms with Gasteiger partial charge in [-0.15, -0.1) is 0 Å². The Hall–Kier alpha value is -2.44. The van der Waals surface area contributed by atoms with Gasteiger partial charge in [-0.3, -0.25) is 19.7 Å². The maximum Gasteiger partial charge on any atom is 0.293 e. The normalized spacial score (nSPS) is 10.8. The quantitative estimate of drug-likeness (QED) is 0.457. The first-order valence-electron chi connectivity index (χ1n) is 5.55. The van der Waals surface area contributed by atoms with E-state index in [1.807, 2.05) is 0 Å². The topological polar surface area (TPSA) is 115 Å². The molecule has 1 rings (SSSR count). The molecule has 0 atom stereocenters. The van der Waals surface area contributed by atoms with E-state index in [1.165, 1.54) is 18.2 Å². The predicted molar refractivity (Wildman–Crippen MR) is 69.9 cm³/mol. The molecular formula is C12H15N3O4. The van der Waals surface area contributed by atoms with Crippen LogP contribution < -0.4 is 11.1 Å². The molecule has 0 heterocycles. The van der Waals surface area contributed by atoms with Crippen molar-refractivity contribution in [2.75, 3.05) is 11.9 Å². The van der Waals surface area contributed by atoms with E-state index in [2.05, 4.69) is 5.32 Å². The number of nitrogens with two attached hydrogens (primary N) is 1. The van der Waals surface area contributed by atoms with Crippen molar-refractivity contribution in [3.8, 4) is 0 Å².